The molecule has 2 aromatic rings. The number of hydrogen-bond donors (Lipinski definition) is 2. The number of aliphatic hydroxyl groups is 1. The number of piperidine rings is 1. The van der Waals surface area contributed by atoms with Gasteiger partial charge in [-0.05, 0) is 73.8 Å². The maximum Gasteiger partial charge on any atom is 0.256 e. The molecule has 6 rings (SSSR count). The van der Waals surface area contributed by atoms with Crippen LogP contribution in [0.2, 0.25) is 0 Å². The molecule has 4 aliphatic rings. The van der Waals surface area contributed by atoms with Crippen LogP contribution in [0.5, 0.6) is 0 Å². The molecule has 2 unspecified atom stereocenters. The number of carbonyl (C=O) groups excluding carboxylic acids is 2. The van der Waals surface area contributed by atoms with Crippen LogP contribution >= 0.6 is 0 Å². The number of nitriles is 1. The van der Waals surface area contributed by atoms with Crippen molar-refractivity contribution in [3.8, 4) is 6.07 Å². The number of hydrogen-bond acceptors (Lipinski definition) is 6. The Morgan fingerprint density at radius 1 is 1.10 bits per heavy atom. The first-order valence-electron chi connectivity index (χ1n) is 14.7. The molecule has 2 amide bonds. The molecule has 0 radical (unpaired) electrons. The summed E-state index contributed by atoms with van der Waals surface area (Å²) in [6.07, 6.45) is 3.90. The van der Waals surface area contributed by atoms with Crippen LogP contribution in [0.25, 0.3) is 0 Å². The number of anilines is 1. The van der Waals surface area contributed by atoms with Gasteiger partial charge in [0.25, 0.3) is 11.8 Å². The lowest BCUT2D eigenvalue weighted by Gasteiger charge is -2.50. The van der Waals surface area contributed by atoms with Gasteiger partial charge in [0.1, 0.15) is 0 Å². The predicted molar refractivity (Wildman–Crippen MR) is 153 cm³/mol. The minimum absolute atomic E-state index is 0.0116. The molecule has 2 aromatic carbocycles. The fourth-order valence-electron chi connectivity index (χ4n) is 7.20. The summed E-state index contributed by atoms with van der Waals surface area (Å²) in [5.41, 5.74) is 4.75. The number of amides is 2. The van der Waals surface area contributed by atoms with Crippen LogP contribution < -0.4 is 10.2 Å². The summed E-state index contributed by atoms with van der Waals surface area (Å²) < 4.78 is 0. The molecule has 1 saturated heterocycles. The smallest absolute Gasteiger partial charge is 0.256 e. The number of carbonyl (C=O) groups is 2. The molecule has 2 N–H and O–H groups in total. The molecule has 1 aliphatic carbocycles. The van der Waals surface area contributed by atoms with Gasteiger partial charge in [-0.1, -0.05) is 24.3 Å². The summed E-state index contributed by atoms with van der Waals surface area (Å²) in [7, 11) is 0. The molecule has 40 heavy (non-hydrogen) atoms. The number of fused-ring (bicyclic) bond motifs is 2. The largest absolute Gasteiger partial charge is 0.390 e. The van der Waals surface area contributed by atoms with Crippen molar-refractivity contribution < 1.29 is 14.7 Å². The van der Waals surface area contributed by atoms with E-state index in [2.05, 4.69) is 35.3 Å². The molecule has 0 aromatic heterocycles. The summed E-state index contributed by atoms with van der Waals surface area (Å²) in [4.78, 5) is 33.0. The predicted octanol–water partition coefficient (Wildman–Crippen LogP) is 3.20. The molecule has 2 atom stereocenters. The third-order valence-corrected chi connectivity index (χ3v) is 9.76. The molecule has 8 heteroatoms. The lowest BCUT2D eigenvalue weighted by Crippen LogP contribution is -2.50. The van der Waals surface area contributed by atoms with Crippen LogP contribution in [-0.4, -0.2) is 78.1 Å². The van der Waals surface area contributed by atoms with Gasteiger partial charge in [-0.15, -0.1) is 0 Å². The monoisotopic (exact) mass is 541 g/mol. The minimum atomic E-state index is -0.684. The van der Waals surface area contributed by atoms with Crippen LogP contribution in [0.1, 0.15) is 64.4 Å². The maximum absolute atomic E-state index is 13.7. The van der Waals surface area contributed by atoms with Gasteiger partial charge < -0.3 is 25.1 Å². The van der Waals surface area contributed by atoms with Crippen molar-refractivity contribution >= 4 is 17.5 Å². The van der Waals surface area contributed by atoms with E-state index in [0.717, 1.165) is 57.4 Å². The standard InChI is InChI=1S/C32H39N5O3/c1-2-35-13-14-37(21-29(38)27-15-23-5-3-4-6-25(23)20-34-27)31(40)26-8-7-24(16-28(26)35)30(39)36-11-9-32(10-12-36)17-22(18-32)19-33/h3-8,16,22,27,29,34,38H,2,9-15,17-18,20-21H2,1H3. The summed E-state index contributed by atoms with van der Waals surface area (Å²) in [6.45, 7) is 6.36. The van der Waals surface area contributed by atoms with Crippen molar-refractivity contribution in [2.75, 3.05) is 44.2 Å². The van der Waals surface area contributed by atoms with Gasteiger partial charge >= 0.3 is 0 Å². The second-order valence-electron chi connectivity index (χ2n) is 12.1. The number of β-amino-alcohol motifs (C(OH)–C–C–N with tert-alkyl or cyclic N) is 1. The third kappa shape index (κ3) is 4.97. The molecular formula is C32H39N5O3. The van der Waals surface area contributed by atoms with Crippen molar-refractivity contribution in [3.05, 3.63) is 64.7 Å². The molecule has 8 nitrogen and oxygen atoms in total. The SMILES string of the molecule is CCN1CCN(CC(O)C2Cc3ccccc3CN2)C(=O)c2ccc(C(=O)N3CCC4(CC3)CC(C#N)C4)cc21. The van der Waals surface area contributed by atoms with Crippen molar-refractivity contribution in [1.29, 1.82) is 5.26 Å². The topological polar surface area (TPSA) is 99.9 Å². The molecule has 1 spiro atoms. The summed E-state index contributed by atoms with van der Waals surface area (Å²) >= 11 is 0. The number of nitrogens with one attached hydrogen (secondary N) is 1. The van der Waals surface area contributed by atoms with E-state index in [1.54, 1.807) is 17.0 Å². The van der Waals surface area contributed by atoms with Crippen LogP contribution in [0.4, 0.5) is 5.69 Å². The summed E-state index contributed by atoms with van der Waals surface area (Å²) in [6, 6.07) is 16.0. The highest BCUT2D eigenvalue weighted by Gasteiger charge is 2.46. The number of likely N-dealkylation sites (tertiary alicyclic amines) is 1. The van der Waals surface area contributed by atoms with Crippen LogP contribution in [0.15, 0.2) is 42.5 Å². The molecule has 3 heterocycles. The van der Waals surface area contributed by atoms with Crippen LogP contribution in [-0.2, 0) is 13.0 Å². The van der Waals surface area contributed by atoms with Crippen molar-refractivity contribution in [2.24, 2.45) is 11.3 Å². The van der Waals surface area contributed by atoms with Gasteiger partial charge in [0.05, 0.1) is 23.4 Å². The molecule has 2 fully saturated rings. The number of nitrogens with zero attached hydrogens (tertiary/aromatic N) is 4. The lowest BCUT2D eigenvalue weighted by atomic mass is 9.58. The van der Waals surface area contributed by atoms with Crippen LogP contribution in [0.3, 0.4) is 0 Å². The number of rotatable bonds is 5. The second-order valence-corrected chi connectivity index (χ2v) is 12.1. The van der Waals surface area contributed by atoms with E-state index < -0.39 is 6.10 Å². The number of likely N-dealkylation sites (N-methyl/N-ethyl adjacent to an activating group) is 1. The number of benzene rings is 2. The molecule has 1 saturated carbocycles. The Bertz CT molecular complexity index is 1320. The van der Waals surface area contributed by atoms with E-state index in [-0.39, 0.29) is 35.7 Å². The van der Waals surface area contributed by atoms with E-state index >= 15 is 0 Å². The van der Waals surface area contributed by atoms with Gasteiger partial charge in [-0.3, -0.25) is 9.59 Å². The van der Waals surface area contributed by atoms with Crippen molar-refractivity contribution in [1.82, 2.24) is 15.1 Å². The zero-order valence-corrected chi connectivity index (χ0v) is 23.3. The maximum atomic E-state index is 13.7. The second kappa shape index (κ2) is 10.9. The first-order chi connectivity index (χ1) is 19.4. The molecular weight excluding hydrogens is 502 g/mol. The van der Waals surface area contributed by atoms with Gasteiger partial charge in [0.2, 0.25) is 0 Å². The summed E-state index contributed by atoms with van der Waals surface area (Å²) in [5.74, 6) is 0.0929. The molecule has 3 aliphatic heterocycles. The van der Waals surface area contributed by atoms with Gasteiger partial charge in [0.15, 0.2) is 0 Å². The highest BCUT2D eigenvalue weighted by Crippen LogP contribution is 2.52. The fraction of sp³-hybridized carbons (Fsp3) is 0.531. The van der Waals surface area contributed by atoms with Crippen molar-refractivity contribution in [3.63, 3.8) is 0 Å². The highest BCUT2D eigenvalue weighted by atomic mass is 16.3. The van der Waals surface area contributed by atoms with Crippen LogP contribution in [0, 0.1) is 22.7 Å². The third-order valence-electron chi connectivity index (χ3n) is 9.76. The Morgan fingerprint density at radius 2 is 1.82 bits per heavy atom. The Kier molecular flexibility index (Phi) is 7.28. The Balaban J connectivity index is 1.14. The highest BCUT2D eigenvalue weighted by molar-refractivity contribution is 6.03. The Morgan fingerprint density at radius 3 is 2.55 bits per heavy atom. The van der Waals surface area contributed by atoms with Crippen molar-refractivity contribution in [2.45, 2.75) is 57.7 Å². The average molecular weight is 542 g/mol. The van der Waals surface area contributed by atoms with E-state index in [4.69, 9.17) is 5.26 Å². The quantitative estimate of drug-likeness (QED) is 0.603. The lowest BCUT2D eigenvalue weighted by molar-refractivity contribution is 0.00874. The minimum Gasteiger partial charge on any atom is -0.390 e. The van der Waals surface area contributed by atoms with Gasteiger partial charge in [-0.25, -0.2) is 0 Å². The van der Waals surface area contributed by atoms with E-state index in [1.807, 2.05) is 23.1 Å². The molecule has 210 valence electrons. The van der Waals surface area contributed by atoms with E-state index in [0.29, 0.717) is 30.8 Å². The molecule has 0 bridgehead atoms. The first-order valence-corrected chi connectivity index (χ1v) is 14.7. The Labute approximate surface area is 236 Å². The zero-order chi connectivity index (χ0) is 27.9. The fourth-order valence-corrected chi connectivity index (χ4v) is 7.20. The first kappa shape index (κ1) is 26.8. The van der Waals surface area contributed by atoms with E-state index in [9.17, 15) is 14.7 Å². The van der Waals surface area contributed by atoms with Gasteiger partial charge in [-0.2, -0.15) is 5.26 Å². The average Bonchev–Trinajstić information content (AvgIpc) is 3.10. The number of aliphatic hydroxyl groups excluding tert-OH is 1. The normalized spacial score (nSPS) is 23.1. The zero-order valence-electron chi connectivity index (χ0n) is 23.3. The van der Waals surface area contributed by atoms with E-state index in [1.165, 1.54) is 11.1 Å². The van der Waals surface area contributed by atoms with Gasteiger partial charge in [0, 0.05) is 63.3 Å². The summed E-state index contributed by atoms with van der Waals surface area (Å²) in [5, 5.41) is 23.7. The Hall–Kier alpha value is -3.41.